The first kappa shape index (κ1) is 21.5. The first-order valence-corrected chi connectivity index (χ1v) is 10.9. The van der Waals surface area contributed by atoms with E-state index in [1.165, 1.54) is 17.8 Å². The largest absolute Gasteiger partial charge is 0.353 e. The summed E-state index contributed by atoms with van der Waals surface area (Å²) in [5.74, 6) is -0.298. The Morgan fingerprint density at radius 2 is 1.77 bits per heavy atom. The number of hydrogen-bond acceptors (Lipinski definition) is 4. The Hall–Kier alpha value is -2.71. The van der Waals surface area contributed by atoms with Crippen LogP contribution in [0.15, 0.2) is 42.6 Å². The molecule has 31 heavy (non-hydrogen) atoms. The molecule has 7 nitrogen and oxygen atoms in total. The molecule has 0 unspecified atom stereocenters. The van der Waals surface area contributed by atoms with E-state index in [1.807, 2.05) is 9.80 Å². The minimum Gasteiger partial charge on any atom is -0.353 e. The number of halogens is 1. The molecule has 1 atom stereocenters. The summed E-state index contributed by atoms with van der Waals surface area (Å²) in [6, 6.07) is 10.2. The summed E-state index contributed by atoms with van der Waals surface area (Å²) in [6.07, 6.45) is 4.25. The number of anilines is 1. The Kier molecular flexibility index (Phi) is 6.67. The summed E-state index contributed by atoms with van der Waals surface area (Å²) in [4.78, 5) is 31.4. The van der Waals surface area contributed by atoms with Gasteiger partial charge < -0.3 is 14.8 Å². The van der Waals surface area contributed by atoms with E-state index in [-0.39, 0.29) is 24.2 Å². The normalized spacial score (nSPS) is 20.2. The highest BCUT2D eigenvalue weighted by molar-refractivity contribution is 5.92. The molecule has 0 aliphatic carbocycles. The van der Waals surface area contributed by atoms with Gasteiger partial charge in [0, 0.05) is 50.8 Å². The van der Waals surface area contributed by atoms with Crippen molar-refractivity contribution in [2.75, 3.05) is 51.1 Å². The van der Waals surface area contributed by atoms with Crippen molar-refractivity contribution in [2.24, 2.45) is 7.05 Å². The van der Waals surface area contributed by atoms with Crippen molar-refractivity contribution in [3.05, 3.63) is 54.1 Å². The highest BCUT2D eigenvalue weighted by atomic mass is 19.1. The van der Waals surface area contributed by atoms with Gasteiger partial charge in [0.05, 0.1) is 19.1 Å². The molecule has 0 spiro atoms. The van der Waals surface area contributed by atoms with Crippen molar-refractivity contribution in [2.45, 2.75) is 18.9 Å². The lowest BCUT2D eigenvalue weighted by atomic mass is 10.1. The molecule has 0 saturated carbocycles. The van der Waals surface area contributed by atoms with E-state index in [9.17, 15) is 14.0 Å². The third-order valence-corrected chi connectivity index (χ3v) is 6.25. The number of aryl methyl sites for hydroxylation is 1. The van der Waals surface area contributed by atoms with E-state index in [0.29, 0.717) is 44.5 Å². The highest BCUT2D eigenvalue weighted by Crippen LogP contribution is 2.31. The van der Waals surface area contributed by atoms with E-state index in [4.69, 9.17) is 0 Å². The number of amides is 2. The van der Waals surface area contributed by atoms with Crippen LogP contribution in [-0.2, 0) is 16.6 Å². The van der Waals surface area contributed by atoms with Gasteiger partial charge in [-0.1, -0.05) is 0 Å². The molecule has 0 bridgehead atoms. The van der Waals surface area contributed by atoms with E-state index >= 15 is 0 Å². The van der Waals surface area contributed by atoms with Crippen LogP contribution in [0.25, 0.3) is 0 Å². The fraction of sp³-hybridized carbons (Fsp3) is 0.478. The monoisotopic (exact) mass is 427 g/mol. The molecular weight excluding hydrogens is 397 g/mol. The zero-order valence-corrected chi connectivity index (χ0v) is 18.0. The predicted molar refractivity (Wildman–Crippen MR) is 117 cm³/mol. The van der Waals surface area contributed by atoms with Gasteiger partial charge in [-0.25, -0.2) is 4.39 Å². The van der Waals surface area contributed by atoms with Crippen LogP contribution < -0.4 is 5.32 Å². The Labute approximate surface area is 182 Å². The van der Waals surface area contributed by atoms with Crippen molar-refractivity contribution >= 4 is 17.5 Å². The molecule has 8 heteroatoms. The van der Waals surface area contributed by atoms with Crippen molar-refractivity contribution in [1.82, 2.24) is 19.3 Å². The van der Waals surface area contributed by atoms with E-state index < -0.39 is 0 Å². The Balaban J connectivity index is 1.23. The van der Waals surface area contributed by atoms with Gasteiger partial charge in [-0.05, 0) is 55.8 Å². The zero-order valence-electron chi connectivity index (χ0n) is 18.0. The number of piperazine rings is 1. The fourth-order valence-electron chi connectivity index (χ4n) is 4.54. The maximum Gasteiger partial charge on any atom is 0.238 e. The number of carbonyl (C=O) groups is 2. The third-order valence-electron chi connectivity index (χ3n) is 6.25. The van der Waals surface area contributed by atoms with Gasteiger partial charge in [-0.15, -0.1) is 0 Å². The molecule has 3 heterocycles. The molecule has 2 saturated heterocycles. The van der Waals surface area contributed by atoms with Crippen LogP contribution in [0.3, 0.4) is 0 Å². The summed E-state index contributed by atoms with van der Waals surface area (Å²) in [5, 5.41) is 2.78. The number of benzene rings is 1. The number of carbonyl (C=O) groups excluding carboxylic acids is 2. The number of aromatic nitrogens is 1. The molecule has 2 aliphatic heterocycles. The summed E-state index contributed by atoms with van der Waals surface area (Å²) < 4.78 is 15.1. The molecule has 1 N–H and O–H groups in total. The summed E-state index contributed by atoms with van der Waals surface area (Å²) in [5.41, 5.74) is 1.85. The Morgan fingerprint density at radius 1 is 1.03 bits per heavy atom. The number of nitrogens with zero attached hydrogens (tertiary/aromatic N) is 4. The second kappa shape index (κ2) is 9.62. The maximum absolute atomic E-state index is 13.0. The molecule has 1 aromatic heterocycles. The minimum atomic E-state index is -0.331. The highest BCUT2D eigenvalue weighted by Gasteiger charge is 2.31. The smallest absolute Gasteiger partial charge is 0.238 e. The lowest BCUT2D eigenvalue weighted by molar-refractivity contribution is -0.134. The van der Waals surface area contributed by atoms with Crippen LogP contribution in [0, 0.1) is 5.82 Å². The molecular formula is C23H30FN5O2. The molecule has 2 amide bonds. The number of nitrogens with one attached hydrogen (secondary N) is 1. The standard InChI is InChI=1S/C23H30FN5O2/c1-26-10-2-4-20(26)21-5-3-11-29(21)17-23(31)28-14-12-27(13-15-28)16-22(30)25-19-8-6-18(24)7-9-19/h2,4,6-10,21H,3,5,11-17H2,1H3,(H,25,30)/t21-/m1/s1. The Bertz CT molecular complexity index is 905. The van der Waals surface area contributed by atoms with E-state index in [2.05, 4.69) is 40.2 Å². The third kappa shape index (κ3) is 5.32. The van der Waals surface area contributed by atoms with Gasteiger partial charge >= 0.3 is 0 Å². The second-order valence-electron chi connectivity index (χ2n) is 8.38. The summed E-state index contributed by atoms with van der Waals surface area (Å²) in [6.45, 7) is 4.26. The fourth-order valence-corrected chi connectivity index (χ4v) is 4.54. The molecule has 2 aliphatic rings. The SMILES string of the molecule is Cn1cccc1[C@H]1CCCN1CC(=O)N1CCN(CC(=O)Nc2ccc(F)cc2)CC1. The van der Waals surface area contributed by atoms with Crippen molar-refractivity contribution in [3.8, 4) is 0 Å². The molecule has 4 rings (SSSR count). The first-order chi connectivity index (χ1) is 15.0. The van der Waals surface area contributed by atoms with Gasteiger partial charge in [0.1, 0.15) is 5.82 Å². The lowest BCUT2D eigenvalue weighted by Gasteiger charge is -2.35. The summed E-state index contributed by atoms with van der Waals surface area (Å²) >= 11 is 0. The van der Waals surface area contributed by atoms with Crippen LogP contribution in [0.5, 0.6) is 0 Å². The van der Waals surface area contributed by atoms with Gasteiger partial charge in [0.2, 0.25) is 11.8 Å². The predicted octanol–water partition coefficient (Wildman–Crippen LogP) is 2.08. The zero-order chi connectivity index (χ0) is 21.8. The van der Waals surface area contributed by atoms with Gasteiger partial charge in [0.25, 0.3) is 0 Å². The maximum atomic E-state index is 13.0. The average molecular weight is 428 g/mol. The summed E-state index contributed by atoms with van der Waals surface area (Å²) in [7, 11) is 2.05. The topological polar surface area (TPSA) is 60.8 Å². The van der Waals surface area contributed by atoms with Crippen molar-refractivity contribution in [3.63, 3.8) is 0 Å². The number of hydrogen-bond donors (Lipinski definition) is 1. The van der Waals surface area contributed by atoms with Gasteiger partial charge in [-0.3, -0.25) is 19.4 Å². The van der Waals surface area contributed by atoms with Crippen LogP contribution in [0.4, 0.5) is 10.1 Å². The number of likely N-dealkylation sites (tertiary alicyclic amines) is 1. The van der Waals surface area contributed by atoms with E-state index in [1.54, 1.807) is 12.1 Å². The van der Waals surface area contributed by atoms with Crippen LogP contribution in [0.1, 0.15) is 24.6 Å². The average Bonchev–Trinajstić information content (AvgIpc) is 3.38. The Morgan fingerprint density at radius 3 is 2.45 bits per heavy atom. The second-order valence-corrected chi connectivity index (χ2v) is 8.38. The molecule has 0 radical (unpaired) electrons. The minimum absolute atomic E-state index is 0.131. The molecule has 2 fully saturated rings. The van der Waals surface area contributed by atoms with Crippen LogP contribution in [0.2, 0.25) is 0 Å². The quantitative estimate of drug-likeness (QED) is 0.767. The van der Waals surface area contributed by atoms with Crippen LogP contribution >= 0.6 is 0 Å². The van der Waals surface area contributed by atoms with Crippen molar-refractivity contribution in [1.29, 1.82) is 0 Å². The number of rotatable bonds is 6. The molecule has 1 aromatic carbocycles. The van der Waals surface area contributed by atoms with Gasteiger partial charge in [0.15, 0.2) is 0 Å². The van der Waals surface area contributed by atoms with Crippen LogP contribution in [-0.4, -0.2) is 76.9 Å². The lowest BCUT2D eigenvalue weighted by Crippen LogP contribution is -2.52. The van der Waals surface area contributed by atoms with E-state index in [0.717, 1.165) is 19.4 Å². The van der Waals surface area contributed by atoms with Crippen molar-refractivity contribution < 1.29 is 14.0 Å². The first-order valence-electron chi connectivity index (χ1n) is 10.9. The van der Waals surface area contributed by atoms with Gasteiger partial charge in [-0.2, -0.15) is 0 Å². The molecule has 166 valence electrons. The molecule has 2 aromatic rings.